The van der Waals surface area contributed by atoms with Crippen molar-refractivity contribution in [3.63, 3.8) is 0 Å². The van der Waals surface area contributed by atoms with E-state index in [4.69, 9.17) is 4.74 Å². The third kappa shape index (κ3) is 5.88. The van der Waals surface area contributed by atoms with Gasteiger partial charge in [0.05, 0.1) is 12.2 Å². The van der Waals surface area contributed by atoms with Crippen LogP contribution in [0.1, 0.15) is 32.9 Å². The minimum absolute atomic E-state index is 0.211. The van der Waals surface area contributed by atoms with Crippen LogP contribution in [0.15, 0.2) is 53.4 Å². The molecule has 3 atom stereocenters. The van der Waals surface area contributed by atoms with Crippen molar-refractivity contribution in [1.29, 1.82) is 5.26 Å². The minimum Gasteiger partial charge on any atom is -0.390 e. The van der Waals surface area contributed by atoms with Gasteiger partial charge in [0.1, 0.15) is 12.2 Å². The Bertz CT molecular complexity index is 1520. The molecule has 2 aromatic carbocycles. The summed E-state index contributed by atoms with van der Waals surface area (Å²) in [4.78, 5) is 1.89. The van der Waals surface area contributed by atoms with E-state index < -0.39 is 33.2 Å². The fraction of sp³-hybridized carbons (Fsp3) is 0.414. The lowest BCUT2D eigenvalue weighted by atomic mass is 10.0. The molecule has 2 heterocycles. The van der Waals surface area contributed by atoms with Crippen LogP contribution in [-0.4, -0.2) is 67.8 Å². The smallest absolute Gasteiger partial charge is 0.251 e. The molecule has 0 unspecified atom stereocenters. The number of rotatable bonds is 9. The van der Waals surface area contributed by atoms with Crippen LogP contribution in [0.25, 0.3) is 27.6 Å². The number of ether oxygens (including phenoxy) is 1. The van der Waals surface area contributed by atoms with Crippen LogP contribution in [-0.2, 0) is 21.8 Å². The van der Waals surface area contributed by atoms with E-state index in [9.17, 15) is 23.9 Å². The first-order valence-corrected chi connectivity index (χ1v) is 14.6. The number of hydrogen-bond acceptors (Lipinski definition) is 7. The van der Waals surface area contributed by atoms with Crippen LogP contribution in [0.4, 0.5) is 5.69 Å². The maximum atomic E-state index is 13.1. The van der Waals surface area contributed by atoms with Gasteiger partial charge in [0.15, 0.2) is 4.91 Å². The largest absolute Gasteiger partial charge is 0.390 e. The number of aliphatic hydroxyl groups is 2. The molecule has 0 saturated carbocycles. The molecule has 1 aromatic heterocycles. The second-order valence-electron chi connectivity index (χ2n) is 9.76. The lowest BCUT2D eigenvalue weighted by molar-refractivity contribution is -0.131. The predicted molar refractivity (Wildman–Crippen MR) is 153 cm³/mol. The fourth-order valence-electron chi connectivity index (χ4n) is 5.12. The number of nitriles is 1. The molecule has 1 saturated heterocycles. The molecular formula is C29H36N4O5S. The van der Waals surface area contributed by atoms with Crippen LogP contribution < -0.4 is 9.62 Å². The molecule has 0 bridgehead atoms. The number of nitrogens with one attached hydrogen (secondary N) is 1. The molecule has 3 N–H and O–H groups in total. The van der Waals surface area contributed by atoms with Gasteiger partial charge in [-0.3, -0.25) is 0 Å². The average Bonchev–Trinajstić information content (AvgIpc) is 3.31. The Morgan fingerprint density at radius 2 is 1.82 bits per heavy atom. The highest BCUT2D eigenvalue weighted by Crippen LogP contribution is 2.31. The fourth-order valence-corrected chi connectivity index (χ4v) is 6.27. The van der Waals surface area contributed by atoms with Crippen LogP contribution in [0.3, 0.4) is 0 Å². The van der Waals surface area contributed by atoms with E-state index >= 15 is 0 Å². The number of hydrogen-bond donors (Lipinski definition) is 3. The van der Waals surface area contributed by atoms with Gasteiger partial charge in [-0.05, 0) is 73.9 Å². The molecule has 1 aliphatic heterocycles. The second kappa shape index (κ2) is 11.9. The maximum Gasteiger partial charge on any atom is 0.251 e. The van der Waals surface area contributed by atoms with Gasteiger partial charge in [0, 0.05) is 55.9 Å². The van der Waals surface area contributed by atoms with Gasteiger partial charge in [0.25, 0.3) is 10.0 Å². The number of benzene rings is 2. The summed E-state index contributed by atoms with van der Waals surface area (Å²) < 4.78 is 35.8. The van der Waals surface area contributed by atoms with Gasteiger partial charge in [0.2, 0.25) is 0 Å². The standard InChI is InChI=1S/C29H36N4O5S/c1-5-33(6-2)23-10-9-20-15-22(8-7-21(20)16-23)25-12-11-24(32(25)4)19(3)28(17-30)39(36,37)31-18-27-29(35)26(34)13-14-38-27/h7-12,15-16,26-27,29,31,34-35H,5-6,13-14,18H2,1-4H3/b28-19+/t26-,27-,29+/m1/s1. The van der Waals surface area contributed by atoms with Crippen molar-refractivity contribution in [1.82, 2.24) is 9.29 Å². The average molecular weight is 553 g/mol. The molecule has 9 nitrogen and oxygen atoms in total. The zero-order valence-corrected chi connectivity index (χ0v) is 23.6. The van der Waals surface area contributed by atoms with Crippen molar-refractivity contribution in [3.05, 3.63) is 59.1 Å². The Morgan fingerprint density at radius 3 is 2.51 bits per heavy atom. The molecule has 0 aliphatic carbocycles. The van der Waals surface area contributed by atoms with E-state index in [0.29, 0.717) is 11.3 Å². The zero-order valence-electron chi connectivity index (χ0n) is 22.8. The number of fused-ring (bicyclic) bond motifs is 1. The quantitative estimate of drug-likeness (QED) is 0.347. The zero-order chi connectivity index (χ0) is 28.3. The monoisotopic (exact) mass is 552 g/mol. The summed E-state index contributed by atoms with van der Waals surface area (Å²) in [6.45, 7) is 7.71. The third-order valence-corrected chi connectivity index (χ3v) is 8.94. The summed E-state index contributed by atoms with van der Waals surface area (Å²) in [6.07, 6.45) is -2.82. The van der Waals surface area contributed by atoms with Crippen LogP contribution >= 0.6 is 0 Å². The van der Waals surface area contributed by atoms with E-state index in [0.717, 1.165) is 35.1 Å². The summed E-state index contributed by atoms with van der Waals surface area (Å²) in [7, 11) is -2.36. The first-order valence-electron chi connectivity index (χ1n) is 13.1. The van der Waals surface area contributed by atoms with Gasteiger partial charge >= 0.3 is 0 Å². The number of sulfonamides is 1. The summed E-state index contributed by atoms with van der Waals surface area (Å²) in [5.74, 6) is 0. The van der Waals surface area contributed by atoms with Crippen molar-refractivity contribution < 1.29 is 23.4 Å². The SMILES string of the molecule is CCN(CC)c1ccc2cc(-c3ccc(/C(C)=C(\C#N)S(=O)(=O)NC[C@H]4OCC[C@@H](O)[C@@H]4O)n3C)ccc2c1. The number of anilines is 1. The molecule has 4 rings (SSSR count). The molecule has 0 spiro atoms. The molecule has 1 aliphatic rings. The Morgan fingerprint density at radius 1 is 1.13 bits per heavy atom. The normalized spacial score (nSPS) is 20.5. The second-order valence-corrected chi connectivity index (χ2v) is 11.5. The number of aromatic nitrogens is 1. The van der Waals surface area contributed by atoms with E-state index in [1.165, 1.54) is 5.69 Å². The number of aliphatic hydroxyl groups excluding tert-OH is 2. The molecular weight excluding hydrogens is 516 g/mol. The lowest BCUT2D eigenvalue weighted by Gasteiger charge is -2.31. The van der Waals surface area contributed by atoms with Crippen molar-refractivity contribution in [2.45, 2.75) is 45.5 Å². The molecule has 1 fully saturated rings. The molecule has 0 amide bonds. The summed E-state index contributed by atoms with van der Waals surface area (Å²) in [6, 6.07) is 18.2. The van der Waals surface area contributed by atoms with E-state index in [1.54, 1.807) is 13.0 Å². The highest BCUT2D eigenvalue weighted by Gasteiger charge is 2.33. The first-order chi connectivity index (χ1) is 18.6. The Labute approximate surface area is 230 Å². The first kappa shape index (κ1) is 28.8. The van der Waals surface area contributed by atoms with Gasteiger partial charge < -0.3 is 24.4 Å². The van der Waals surface area contributed by atoms with Gasteiger partial charge in [-0.15, -0.1) is 0 Å². The van der Waals surface area contributed by atoms with E-state index in [2.05, 4.69) is 53.8 Å². The Balaban J connectivity index is 1.61. The molecule has 39 heavy (non-hydrogen) atoms. The molecule has 10 heteroatoms. The maximum absolute atomic E-state index is 13.1. The van der Waals surface area contributed by atoms with Crippen LogP contribution in [0, 0.1) is 11.3 Å². The Hall–Kier alpha value is -3.20. The summed E-state index contributed by atoms with van der Waals surface area (Å²) >= 11 is 0. The van der Waals surface area contributed by atoms with Crippen LogP contribution in [0.2, 0.25) is 0 Å². The van der Waals surface area contributed by atoms with Crippen molar-refractivity contribution in [2.24, 2.45) is 7.05 Å². The highest BCUT2D eigenvalue weighted by molar-refractivity contribution is 7.93. The van der Waals surface area contributed by atoms with E-state index in [-0.39, 0.29) is 19.6 Å². The van der Waals surface area contributed by atoms with Crippen LogP contribution in [0.5, 0.6) is 0 Å². The molecule has 0 radical (unpaired) electrons. The Kier molecular flexibility index (Phi) is 8.79. The highest BCUT2D eigenvalue weighted by atomic mass is 32.2. The van der Waals surface area contributed by atoms with E-state index in [1.807, 2.05) is 29.8 Å². The minimum atomic E-state index is -4.20. The topological polar surface area (TPSA) is 128 Å². The number of allylic oxidation sites excluding steroid dienone is 2. The van der Waals surface area contributed by atoms with Gasteiger partial charge in [-0.25, -0.2) is 13.1 Å². The molecule has 208 valence electrons. The van der Waals surface area contributed by atoms with Crippen molar-refractivity contribution >= 4 is 32.1 Å². The van der Waals surface area contributed by atoms with Crippen molar-refractivity contribution in [3.8, 4) is 17.3 Å². The summed E-state index contributed by atoms with van der Waals surface area (Å²) in [5, 5.41) is 32.0. The van der Waals surface area contributed by atoms with Crippen molar-refractivity contribution in [2.75, 3.05) is 31.1 Å². The third-order valence-electron chi connectivity index (χ3n) is 7.46. The van der Waals surface area contributed by atoms with Gasteiger partial charge in [-0.2, -0.15) is 5.26 Å². The predicted octanol–water partition coefficient (Wildman–Crippen LogP) is 3.38. The number of nitrogens with zero attached hydrogens (tertiary/aromatic N) is 3. The van der Waals surface area contributed by atoms with Gasteiger partial charge in [-0.1, -0.05) is 18.2 Å². The summed E-state index contributed by atoms with van der Waals surface area (Å²) in [5.41, 5.74) is 3.93. The lowest BCUT2D eigenvalue weighted by Crippen LogP contribution is -2.50. The molecule has 3 aromatic rings.